The summed E-state index contributed by atoms with van der Waals surface area (Å²) in [6, 6.07) is 7.66. The first kappa shape index (κ1) is 28.7. The minimum atomic E-state index is -4.26. The fourth-order valence-corrected chi connectivity index (χ4v) is 7.50. The van der Waals surface area contributed by atoms with Crippen LogP contribution in [0.25, 0.3) is 21.3 Å². The van der Waals surface area contributed by atoms with Gasteiger partial charge < -0.3 is 15.2 Å². The van der Waals surface area contributed by atoms with Crippen molar-refractivity contribution >= 4 is 44.3 Å². The van der Waals surface area contributed by atoms with Crippen molar-refractivity contribution in [2.45, 2.75) is 58.8 Å². The number of imidazole rings is 1. The Kier molecular flexibility index (Phi) is 7.50. The number of anilines is 1. The molecule has 4 aromatic rings. The Morgan fingerprint density at radius 1 is 1.17 bits per heavy atom. The van der Waals surface area contributed by atoms with E-state index in [1.165, 1.54) is 6.92 Å². The molecule has 2 saturated heterocycles. The monoisotopic (exact) mass is 601 g/mol. The van der Waals surface area contributed by atoms with Crippen LogP contribution in [0.5, 0.6) is 0 Å². The average Bonchev–Trinajstić information content (AvgIpc) is 3.68. The molecule has 2 aliphatic heterocycles. The molecule has 0 aliphatic carbocycles. The number of carbonyl (C=O) groups is 1. The van der Waals surface area contributed by atoms with Gasteiger partial charge in [-0.1, -0.05) is 13.0 Å². The molecule has 1 atom stereocenters. The van der Waals surface area contributed by atoms with E-state index < -0.39 is 12.6 Å². The summed E-state index contributed by atoms with van der Waals surface area (Å²) in [6.07, 6.45) is -2.55. The zero-order valence-electron chi connectivity index (χ0n) is 23.7. The summed E-state index contributed by atoms with van der Waals surface area (Å²) >= 11 is 1.11. The number of amides is 1. The normalized spacial score (nSPS) is 19.6. The quantitative estimate of drug-likeness (QED) is 0.314. The zero-order valence-corrected chi connectivity index (χ0v) is 24.5. The van der Waals surface area contributed by atoms with Crippen molar-refractivity contribution in [3.63, 3.8) is 0 Å². The Hall–Kier alpha value is -3.45. The topological polar surface area (TPSA) is 99.1 Å². The van der Waals surface area contributed by atoms with Crippen molar-refractivity contribution in [2.75, 3.05) is 37.6 Å². The summed E-state index contributed by atoms with van der Waals surface area (Å²) in [4.78, 5) is 41.5. The molecular weight excluding hydrogens is 567 g/mol. The maximum absolute atomic E-state index is 13.1. The highest BCUT2D eigenvalue weighted by Gasteiger charge is 2.44. The predicted molar refractivity (Wildman–Crippen MR) is 157 cm³/mol. The number of rotatable bonds is 8. The van der Waals surface area contributed by atoms with Crippen molar-refractivity contribution in [1.29, 1.82) is 0 Å². The predicted octanol–water partition coefficient (Wildman–Crippen LogP) is 4.24. The first-order chi connectivity index (χ1) is 20.0. The van der Waals surface area contributed by atoms with Crippen LogP contribution in [0.1, 0.15) is 43.0 Å². The summed E-state index contributed by atoms with van der Waals surface area (Å²) < 4.78 is 40.9. The molecule has 3 aromatic heterocycles. The summed E-state index contributed by atoms with van der Waals surface area (Å²) in [5.74, 6) is 1.29. The van der Waals surface area contributed by atoms with Gasteiger partial charge in [-0.25, -0.2) is 14.8 Å². The van der Waals surface area contributed by atoms with E-state index in [-0.39, 0.29) is 21.9 Å². The Morgan fingerprint density at radius 3 is 2.74 bits per heavy atom. The minimum Gasteiger partial charge on any atom is -0.355 e. The number of nitrogens with zero attached hydrogens (tertiary/aromatic N) is 5. The van der Waals surface area contributed by atoms with Gasteiger partial charge in [0.05, 0.1) is 22.8 Å². The van der Waals surface area contributed by atoms with Gasteiger partial charge in [0.15, 0.2) is 0 Å². The third-order valence-corrected chi connectivity index (χ3v) is 9.40. The summed E-state index contributed by atoms with van der Waals surface area (Å²) in [5, 5.41) is 3.44. The number of aromatic nitrogens is 4. The molecule has 1 amide bonds. The number of nitrogens with one attached hydrogen (secondary N) is 2. The van der Waals surface area contributed by atoms with Crippen LogP contribution in [0.15, 0.2) is 29.1 Å². The lowest BCUT2D eigenvalue weighted by Crippen LogP contribution is -2.31. The molecule has 5 heterocycles. The summed E-state index contributed by atoms with van der Waals surface area (Å²) in [6.45, 7) is 8.46. The van der Waals surface area contributed by atoms with Gasteiger partial charge in [0, 0.05) is 62.9 Å². The molecule has 2 fully saturated rings. The second-order valence-electron chi connectivity index (χ2n) is 11.6. The smallest absolute Gasteiger partial charge is 0.355 e. The van der Waals surface area contributed by atoms with E-state index >= 15 is 0 Å². The molecule has 0 bridgehead atoms. The molecule has 224 valence electrons. The molecule has 6 rings (SSSR count). The third kappa shape index (κ3) is 5.89. The molecule has 1 spiro atoms. The highest BCUT2D eigenvalue weighted by Crippen LogP contribution is 2.43. The number of alkyl halides is 3. The number of hydrogen-bond donors (Lipinski definition) is 2. The van der Waals surface area contributed by atoms with Gasteiger partial charge in [-0.15, -0.1) is 11.3 Å². The van der Waals surface area contributed by atoms with Gasteiger partial charge in [-0.05, 0) is 43.1 Å². The molecule has 13 heteroatoms. The number of aryl methyl sites for hydroxylation is 1. The van der Waals surface area contributed by atoms with E-state index in [0.717, 1.165) is 84.7 Å². The largest absolute Gasteiger partial charge is 0.393 e. The van der Waals surface area contributed by atoms with Crippen molar-refractivity contribution in [3.05, 3.63) is 51.0 Å². The van der Waals surface area contributed by atoms with Crippen LogP contribution < -0.4 is 15.9 Å². The fraction of sp³-hybridized carbons (Fsp3) is 0.517. The molecule has 1 unspecified atom stereocenters. The lowest BCUT2D eigenvalue weighted by Gasteiger charge is -2.25. The fourth-order valence-electron chi connectivity index (χ4n) is 6.43. The Bertz CT molecular complexity index is 1690. The van der Waals surface area contributed by atoms with Gasteiger partial charge >= 0.3 is 11.9 Å². The number of aromatic amines is 1. The number of hydrogen-bond acceptors (Lipinski definition) is 7. The van der Waals surface area contributed by atoms with Crippen LogP contribution in [0.3, 0.4) is 0 Å². The lowest BCUT2D eigenvalue weighted by molar-refractivity contribution is -0.126. The van der Waals surface area contributed by atoms with Crippen molar-refractivity contribution in [1.82, 2.24) is 29.7 Å². The van der Waals surface area contributed by atoms with E-state index in [2.05, 4.69) is 31.2 Å². The Balaban J connectivity index is 1.15. The molecular formula is C29H34F3N7O2S. The number of H-pyrrole nitrogens is 1. The number of carbonyl (C=O) groups excluding carboxylic acids is 1. The molecule has 0 saturated carbocycles. The van der Waals surface area contributed by atoms with E-state index in [4.69, 9.17) is 4.98 Å². The Morgan fingerprint density at radius 2 is 1.98 bits per heavy atom. The maximum Gasteiger partial charge on any atom is 0.393 e. The molecule has 2 aliphatic rings. The van der Waals surface area contributed by atoms with E-state index in [1.807, 2.05) is 19.1 Å². The van der Waals surface area contributed by atoms with Gasteiger partial charge in [0.2, 0.25) is 5.91 Å². The molecule has 2 N–H and O–H groups in total. The Labute approximate surface area is 244 Å². The second kappa shape index (κ2) is 11.0. The molecule has 9 nitrogen and oxygen atoms in total. The minimum absolute atomic E-state index is 0.0972. The van der Waals surface area contributed by atoms with Crippen LogP contribution in [-0.4, -0.2) is 69.2 Å². The van der Waals surface area contributed by atoms with Crippen LogP contribution >= 0.6 is 11.3 Å². The summed E-state index contributed by atoms with van der Waals surface area (Å²) in [5.41, 5.74) is 2.61. The number of benzene rings is 1. The van der Waals surface area contributed by atoms with Crippen molar-refractivity contribution < 1.29 is 18.0 Å². The average molecular weight is 602 g/mol. The van der Waals surface area contributed by atoms with Crippen LogP contribution in [0.2, 0.25) is 0 Å². The van der Waals surface area contributed by atoms with E-state index in [1.54, 1.807) is 10.6 Å². The standard InChI is InChI=1S/C29H34F3N7O2S/c1-3-24-35-25(21-13-20(14-29(30,31)32)42-26(21)36-24)38-10-7-28(17-38)6-9-37(16-28)15-19-4-5-23-22(12-19)34-27(41)39(23)11-8-33-18(2)40/h4-5,12-13H,3,6-11,14-17H2,1-2H3,(H,33,40)(H,34,41). The summed E-state index contributed by atoms with van der Waals surface area (Å²) in [7, 11) is 0. The van der Waals surface area contributed by atoms with Crippen molar-refractivity contribution in [3.8, 4) is 0 Å². The number of likely N-dealkylation sites (tertiary alicyclic amines) is 1. The van der Waals surface area contributed by atoms with Crippen molar-refractivity contribution in [2.24, 2.45) is 5.41 Å². The van der Waals surface area contributed by atoms with Crippen LogP contribution in [0, 0.1) is 5.41 Å². The SMILES string of the molecule is CCc1nc(N2CCC3(CCN(Cc4ccc5c(c4)[nH]c(=O)n5CCNC(C)=O)C3)C2)c2cc(CC(F)(F)F)sc2n1. The number of halogens is 3. The highest BCUT2D eigenvalue weighted by atomic mass is 32.1. The first-order valence-electron chi connectivity index (χ1n) is 14.3. The van der Waals surface area contributed by atoms with Gasteiger partial charge in [-0.3, -0.25) is 14.3 Å². The lowest BCUT2D eigenvalue weighted by atomic mass is 9.86. The molecule has 42 heavy (non-hydrogen) atoms. The van der Waals surface area contributed by atoms with Crippen LogP contribution in [-0.2, 0) is 30.7 Å². The van der Waals surface area contributed by atoms with Gasteiger partial charge in [0.1, 0.15) is 16.5 Å². The highest BCUT2D eigenvalue weighted by molar-refractivity contribution is 7.18. The molecule has 1 aromatic carbocycles. The number of fused-ring (bicyclic) bond motifs is 2. The molecule has 0 radical (unpaired) electrons. The van der Waals surface area contributed by atoms with Gasteiger partial charge in [-0.2, -0.15) is 13.2 Å². The van der Waals surface area contributed by atoms with E-state index in [0.29, 0.717) is 30.2 Å². The van der Waals surface area contributed by atoms with Gasteiger partial charge in [0.25, 0.3) is 0 Å². The first-order valence-corrected chi connectivity index (χ1v) is 15.1. The maximum atomic E-state index is 13.1. The van der Waals surface area contributed by atoms with E-state index in [9.17, 15) is 22.8 Å². The van der Waals surface area contributed by atoms with Crippen LogP contribution in [0.4, 0.5) is 19.0 Å². The second-order valence-corrected chi connectivity index (χ2v) is 12.7. The zero-order chi connectivity index (χ0) is 29.6. The number of thiophene rings is 1. The third-order valence-electron chi connectivity index (χ3n) is 8.37.